The Balaban J connectivity index is 1.51. The number of nitrogens with zero attached hydrogens (tertiary/aromatic N) is 4. The van der Waals surface area contributed by atoms with Gasteiger partial charge in [0.1, 0.15) is 28.7 Å². The molecule has 1 saturated carbocycles. The molecule has 162 valence electrons. The lowest BCUT2D eigenvalue weighted by Crippen LogP contribution is -2.22. The van der Waals surface area contributed by atoms with Gasteiger partial charge in [0.15, 0.2) is 5.82 Å². The number of nitrogens with one attached hydrogen (secondary N) is 1. The van der Waals surface area contributed by atoms with Crippen LogP contribution in [0.4, 0.5) is 10.1 Å². The van der Waals surface area contributed by atoms with Gasteiger partial charge in [-0.1, -0.05) is 6.07 Å². The molecule has 0 unspecified atom stereocenters. The van der Waals surface area contributed by atoms with Crippen LogP contribution >= 0.6 is 0 Å². The molecule has 1 fully saturated rings. The van der Waals surface area contributed by atoms with Crippen molar-refractivity contribution >= 4 is 12.0 Å². The number of H-pyrrole nitrogens is 1. The van der Waals surface area contributed by atoms with E-state index in [-0.39, 0.29) is 11.7 Å². The van der Waals surface area contributed by atoms with E-state index >= 15 is 0 Å². The maximum atomic E-state index is 14.1. The molecule has 8 nitrogen and oxygen atoms in total. The summed E-state index contributed by atoms with van der Waals surface area (Å²) in [7, 11) is 1.44. The smallest absolute Gasteiger partial charge is 0.183 e. The summed E-state index contributed by atoms with van der Waals surface area (Å²) in [6.45, 7) is 3.43. The summed E-state index contributed by atoms with van der Waals surface area (Å²) in [5, 5.41) is 17.3. The van der Waals surface area contributed by atoms with Crippen molar-refractivity contribution in [2.24, 2.45) is 10.7 Å². The van der Waals surface area contributed by atoms with Crippen molar-refractivity contribution in [1.29, 1.82) is 0 Å². The van der Waals surface area contributed by atoms with Crippen molar-refractivity contribution in [1.82, 2.24) is 20.2 Å². The Bertz CT molecular complexity index is 1100. The maximum absolute atomic E-state index is 14.1. The summed E-state index contributed by atoms with van der Waals surface area (Å²) in [4.78, 5) is 13.1. The van der Waals surface area contributed by atoms with Crippen molar-refractivity contribution in [2.75, 3.05) is 7.11 Å². The molecule has 4 rings (SSSR count). The van der Waals surface area contributed by atoms with Gasteiger partial charge in [0.05, 0.1) is 24.7 Å². The Kier molecular flexibility index (Phi) is 5.45. The second-order valence-electron chi connectivity index (χ2n) is 8.23. The van der Waals surface area contributed by atoms with Gasteiger partial charge in [0.2, 0.25) is 0 Å². The molecule has 4 N–H and O–H groups in total. The topological polar surface area (TPSA) is 122 Å². The molecule has 0 spiro atoms. The number of pyridine rings is 1. The summed E-state index contributed by atoms with van der Waals surface area (Å²) in [6, 6.07) is 6.44. The zero-order valence-electron chi connectivity index (χ0n) is 17.6. The molecule has 1 aliphatic rings. The minimum Gasteiger partial charge on any atom is -0.494 e. The number of hydrogen-bond donors (Lipinski definition) is 3. The van der Waals surface area contributed by atoms with E-state index in [9.17, 15) is 9.50 Å². The Labute approximate surface area is 179 Å². The van der Waals surface area contributed by atoms with Crippen molar-refractivity contribution in [3.63, 3.8) is 0 Å². The largest absolute Gasteiger partial charge is 0.494 e. The van der Waals surface area contributed by atoms with Crippen LogP contribution in [0.1, 0.15) is 55.6 Å². The quantitative estimate of drug-likeness (QED) is 0.411. The molecule has 2 aromatic heterocycles. The molecule has 0 saturated heterocycles. The summed E-state index contributed by atoms with van der Waals surface area (Å²) in [6.07, 6.45) is 4.76. The first kappa shape index (κ1) is 20.9. The second-order valence-corrected chi connectivity index (χ2v) is 8.23. The predicted octanol–water partition coefficient (Wildman–Crippen LogP) is 3.52. The molecule has 0 bridgehead atoms. The van der Waals surface area contributed by atoms with Gasteiger partial charge >= 0.3 is 0 Å². The molecule has 2 heterocycles. The van der Waals surface area contributed by atoms with Crippen LogP contribution in [0.3, 0.4) is 0 Å². The number of hydrogen-bond acceptors (Lipinski definition) is 6. The number of aromatic nitrogens is 4. The van der Waals surface area contributed by atoms with Crippen LogP contribution in [0.15, 0.2) is 35.5 Å². The van der Waals surface area contributed by atoms with Crippen LogP contribution in [0.5, 0.6) is 5.75 Å². The van der Waals surface area contributed by atoms with Crippen molar-refractivity contribution in [3.8, 4) is 17.1 Å². The number of aliphatic hydroxyl groups is 1. The highest BCUT2D eigenvalue weighted by atomic mass is 19.1. The minimum atomic E-state index is -0.955. The number of aliphatic imine (C=N–C) groups is 1. The molecule has 0 aliphatic heterocycles. The fourth-order valence-electron chi connectivity index (χ4n) is 3.81. The Morgan fingerprint density at radius 3 is 2.68 bits per heavy atom. The van der Waals surface area contributed by atoms with E-state index in [4.69, 9.17) is 10.5 Å². The number of nitrogens with two attached hydrogens (primary N) is 1. The number of rotatable bonds is 6. The van der Waals surface area contributed by atoms with Gasteiger partial charge < -0.3 is 15.6 Å². The number of aromatic amines is 1. The number of halogens is 1. The molecule has 3 aromatic rings. The van der Waals surface area contributed by atoms with E-state index in [1.807, 2.05) is 18.3 Å². The first-order chi connectivity index (χ1) is 14.8. The van der Waals surface area contributed by atoms with Crippen molar-refractivity contribution in [3.05, 3.63) is 53.4 Å². The van der Waals surface area contributed by atoms with Gasteiger partial charge in [-0.05, 0) is 50.3 Å². The van der Waals surface area contributed by atoms with Crippen molar-refractivity contribution in [2.45, 2.75) is 44.1 Å². The van der Waals surface area contributed by atoms with E-state index in [1.54, 1.807) is 13.8 Å². The van der Waals surface area contributed by atoms with Crippen LogP contribution < -0.4 is 10.5 Å². The van der Waals surface area contributed by atoms with Crippen LogP contribution in [0, 0.1) is 5.82 Å². The third-order valence-corrected chi connectivity index (χ3v) is 5.62. The molecule has 1 aromatic carbocycles. The molecular weight excluding hydrogens is 399 g/mol. The number of methoxy groups -OCH3 is 1. The first-order valence-electron chi connectivity index (χ1n) is 10.0. The molecule has 0 radical (unpaired) electrons. The van der Waals surface area contributed by atoms with E-state index < -0.39 is 11.4 Å². The highest BCUT2D eigenvalue weighted by Crippen LogP contribution is 2.47. The third kappa shape index (κ3) is 4.13. The molecule has 9 heteroatoms. The second kappa shape index (κ2) is 8.07. The molecule has 0 atom stereocenters. The number of ether oxygens (including phenoxy) is 1. The third-order valence-electron chi connectivity index (χ3n) is 5.62. The monoisotopic (exact) mass is 424 g/mol. The summed E-state index contributed by atoms with van der Waals surface area (Å²) >= 11 is 0. The van der Waals surface area contributed by atoms with Crippen LogP contribution in [-0.2, 0) is 5.60 Å². The number of benzene rings is 1. The van der Waals surface area contributed by atoms with Gasteiger partial charge in [0.25, 0.3) is 0 Å². The van der Waals surface area contributed by atoms with Crippen LogP contribution in [-0.4, -0.2) is 38.7 Å². The Morgan fingerprint density at radius 2 is 2.06 bits per heavy atom. The van der Waals surface area contributed by atoms with Gasteiger partial charge in [-0.25, -0.2) is 14.4 Å². The fraction of sp³-hybridized carbons (Fsp3) is 0.364. The summed E-state index contributed by atoms with van der Waals surface area (Å²) in [5.41, 5.74) is 7.06. The maximum Gasteiger partial charge on any atom is 0.183 e. The summed E-state index contributed by atoms with van der Waals surface area (Å²) < 4.78 is 19.3. The van der Waals surface area contributed by atoms with E-state index in [2.05, 4.69) is 25.2 Å². The standard InChI is InChI=1S/C22H25FN6O2/c1-22(2,30)18-5-4-12(10-25-18)13-6-14(7-13)20-27-21(29-28-20)16-8-15(23)9-17(31-3)19(16)26-11-24/h4-5,8-11,13-14,30H,6-7H2,1-3H3,(H2,24,26)(H,27,28,29). The normalized spacial score (nSPS) is 18.9. The average Bonchev–Trinajstić information content (AvgIpc) is 3.17. The Morgan fingerprint density at radius 1 is 1.29 bits per heavy atom. The van der Waals surface area contributed by atoms with E-state index in [1.165, 1.54) is 19.2 Å². The Hall–Kier alpha value is -3.33. The molecule has 31 heavy (non-hydrogen) atoms. The summed E-state index contributed by atoms with van der Waals surface area (Å²) in [5.74, 6) is 1.46. The zero-order valence-corrected chi connectivity index (χ0v) is 17.6. The highest BCUT2D eigenvalue weighted by Gasteiger charge is 2.34. The van der Waals surface area contributed by atoms with Gasteiger partial charge in [-0.2, -0.15) is 5.10 Å². The first-order valence-corrected chi connectivity index (χ1v) is 10.0. The fourth-order valence-corrected chi connectivity index (χ4v) is 3.81. The van der Waals surface area contributed by atoms with E-state index in [0.29, 0.717) is 28.7 Å². The highest BCUT2D eigenvalue weighted by molar-refractivity contribution is 5.79. The lowest BCUT2D eigenvalue weighted by molar-refractivity contribution is 0.0738. The predicted molar refractivity (Wildman–Crippen MR) is 115 cm³/mol. The van der Waals surface area contributed by atoms with E-state index in [0.717, 1.165) is 30.6 Å². The molecule has 0 amide bonds. The lowest BCUT2D eigenvalue weighted by atomic mass is 9.71. The average molecular weight is 424 g/mol. The molecular formula is C22H25FN6O2. The SMILES string of the molecule is COc1cc(F)cc(-c2n[nH]c(C3CC(c4ccc(C(C)(C)O)nc4)C3)n2)c1N=CN. The van der Waals surface area contributed by atoms with Crippen molar-refractivity contribution < 1.29 is 14.2 Å². The van der Waals surface area contributed by atoms with Gasteiger partial charge in [-0.3, -0.25) is 10.1 Å². The zero-order chi connectivity index (χ0) is 22.2. The minimum absolute atomic E-state index is 0.220. The van der Waals surface area contributed by atoms with Crippen LogP contribution in [0.2, 0.25) is 0 Å². The van der Waals surface area contributed by atoms with Gasteiger partial charge in [0, 0.05) is 18.2 Å². The van der Waals surface area contributed by atoms with Crippen LogP contribution in [0.25, 0.3) is 11.4 Å². The molecule has 1 aliphatic carbocycles. The van der Waals surface area contributed by atoms with Gasteiger partial charge in [-0.15, -0.1) is 0 Å². The lowest BCUT2D eigenvalue weighted by Gasteiger charge is -2.34.